The lowest BCUT2D eigenvalue weighted by Crippen LogP contribution is -2.29. The third-order valence-electron chi connectivity index (χ3n) is 7.01. The fraction of sp³-hybridized carbons (Fsp3) is 0.219. The van der Waals surface area contributed by atoms with Crippen molar-refractivity contribution in [1.82, 2.24) is 19.3 Å². The molecule has 6 rings (SSSR count). The number of nitrogens with zero attached hydrogens (tertiary/aromatic N) is 4. The molecule has 0 bridgehead atoms. The van der Waals surface area contributed by atoms with E-state index in [-0.39, 0.29) is 5.97 Å². The molecule has 7 nitrogen and oxygen atoms in total. The van der Waals surface area contributed by atoms with Crippen molar-refractivity contribution >= 4 is 34.6 Å². The molecular weight excluding hydrogens is 518 g/mol. The second-order valence-electron chi connectivity index (χ2n) is 9.85. The molecule has 1 N–H and O–H groups in total. The first-order valence-electron chi connectivity index (χ1n) is 13.5. The molecule has 1 aliphatic rings. The highest BCUT2D eigenvalue weighted by molar-refractivity contribution is 7.98. The second kappa shape index (κ2) is 11.4. The van der Waals surface area contributed by atoms with Gasteiger partial charge in [0.25, 0.3) is 0 Å². The highest BCUT2D eigenvalue weighted by Crippen LogP contribution is 2.40. The number of para-hydroxylation sites is 1. The van der Waals surface area contributed by atoms with E-state index in [2.05, 4.69) is 64.6 Å². The topological polar surface area (TPSA) is 74.0 Å². The van der Waals surface area contributed by atoms with E-state index < -0.39 is 6.04 Å². The van der Waals surface area contributed by atoms with Gasteiger partial charge in [-0.15, -0.1) is 5.10 Å². The Morgan fingerprint density at radius 2 is 1.68 bits per heavy atom. The van der Waals surface area contributed by atoms with Crippen LogP contribution < -0.4 is 5.32 Å². The number of ether oxygens (including phenoxy) is 1. The van der Waals surface area contributed by atoms with Gasteiger partial charge in [0.2, 0.25) is 11.1 Å². The molecule has 0 spiro atoms. The number of carbonyl (C=O) groups is 1. The van der Waals surface area contributed by atoms with Crippen LogP contribution in [0.5, 0.6) is 0 Å². The van der Waals surface area contributed by atoms with Crippen LogP contribution in [0.3, 0.4) is 0 Å². The predicted octanol–water partition coefficient (Wildman–Crippen LogP) is 6.82. The second-order valence-corrected chi connectivity index (χ2v) is 10.8. The molecule has 1 unspecified atom stereocenters. The summed E-state index contributed by atoms with van der Waals surface area (Å²) in [6, 6.07) is 28.5. The van der Waals surface area contributed by atoms with Crippen molar-refractivity contribution in [1.29, 1.82) is 0 Å². The van der Waals surface area contributed by atoms with E-state index in [0.29, 0.717) is 29.8 Å². The predicted molar refractivity (Wildman–Crippen MR) is 159 cm³/mol. The third kappa shape index (κ3) is 5.14. The van der Waals surface area contributed by atoms with Crippen LogP contribution in [0.25, 0.3) is 10.9 Å². The number of thioether (sulfide) groups is 1. The summed E-state index contributed by atoms with van der Waals surface area (Å²) in [5, 5.41) is 9.98. The molecule has 0 saturated carbocycles. The number of benzene rings is 3. The molecule has 0 aliphatic carbocycles. The minimum absolute atomic E-state index is 0.337. The zero-order valence-corrected chi connectivity index (χ0v) is 23.4. The Bertz CT molecular complexity index is 1670. The van der Waals surface area contributed by atoms with Crippen LogP contribution in [0, 0.1) is 0 Å². The number of esters is 1. The molecular formula is C32H31N5O2S. The number of nitrogens with one attached hydrogen (secondary N) is 1. The molecule has 3 aromatic carbocycles. The van der Waals surface area contributed by atoms with Gasteiger partial charge >= 0.3 is 5.97 Å². The maximum atomic E-state index is 13.5. The summed E-state index contributed by atoms with van der Waals surface area (Å²) in [7, 11) is 0. The number of allylic oxidation sites excluding steroid dienone is 1. The Balaban J connectivity index is 1.44. The van der Waals surface area contributed by atoms with Gasteiger partial charge in [-0.3, -0.25) is 0 Å². The van der Waals surface area contributed by atoms with Gasteiger partial charge in [-0.1, -0.05) is 97.5 Å². The van der Waals surface area contributed by atoms with E-state index in [0.717, 1.165) is 34.3 Å². The number of carbonyl (C=O) groups excluding carboxylic acids is 1. The third-order valence-corrected chi connectivity index (χ3v) is 7.92. The Morgan fingerprint density at radius 3 is 2.42 bits per heavy atom. The van der Waals surface area contributed by atoms with Crippen LogP contribution in [-0.4, -0.2) is 31.9 Å². The molecule has 40 heavy (non-hydrogen) atoms. The molecule has 0 fully saturated rings. The van der Waals surface area contributed by atoms with Crippen molar-refractivity contribution in [2.45, 2.75) is 43.8 Å². The zero-order chi connectivity index (χ0) is 27.5. The van der Waals surface area contributed by atoms with Crippen LogP contribution in [0.15, 0.2) is 108 Å². The molecule has 2 aromatic heterocycles. The number of fused-ring (bicyclic) bond motifs is 2. The van der Waals surface area contributed by atoms with Crippen molar-refractivity contribution in [2.75, 3.05) is 11.9 Å². The summed E-state index contributed by atoms with van der Waals surface area (Å²) >= 11 is 1.58. The summed E-state index contributed by atoms with van der Waals surface area (Å²) in [5.41, 5.74) is 5.77. The lowest BCUT2D eigenvalue weighted by atomic mass is 9.95. The summed E-state index contributed by atoms with van der Waals surface area (Å²) in [5.74, 6) is 1.03. The molecule has 0 amide bonds. The Morgan fingerprint density at radius 1 is 0.975 bits per heavy atom. The fourth-order valence-electron chi connectivity index (χ4n) is 5.14. The number of anilines is 1. The summed E-state index contributed by atoms with van der Waals surface area (Å²) in [4.78, 5) is 18.3. The summed E-state index contributed by atoms with van der Waals surface area (Å²) in [6.07, 6.45) is 2.90. The molecule has 202 valence electrons. The lowest BCUT2D eigenvalue weighted by molar-refractivity contribution is -0.139. The average molecular weight is 550 g/mol. The van der Waals surface area contributed by atoms with Gasteiger partial charge in [0, 0.05) is 40.7 Å². The summed E-state index contributed by atoms with van der Waals surface area (Å²) < 4.78 is 9.77. The highest BCUT2D eigenvalue weighted by Gasteiger charge is 2.37. The monoisotopic (exact) mass is 549 g/mol. The number of rotatable bonds is 9. The molecule has 3 heterocycles. The number of hydrogen-bond donors (Lipinski definition) is 1. The van der Waals surface area contributed by atoms with E-state index >= 15 is 0 Å². The van der Waals surface area contributed by atoms with Gasteiger partial charge < -0.3 is 14.6 Å². The van der Waals surface area contributed by atoms with E-state index in [4.69, 9.17) is 14.8 Å². The minimum atomic E-state index is -0.485. The molecule has 1 aliphatic heterocycles. The highest BCUT2D eigenvalue weighted by atomic mass is 32.2. The first kappa shape index (κ1) is 26.0. The maximum Gasteiger partial charge on any atom is 0.338 e. The van der Waals surface area contributed by atoms with Crippen LogP contribution in [0.2, 0.25) is 0 Å². The standard InChI is InChI=1S/C32H31N5O2S/c1-3-18-39-30(38)28-22(2)33-31-34-32(40-21-24-14-8-5-9-15-24)35-37(31)29(28)26-20-36(19-23-12-6-4-7-13-23)27-17-11-10-16-25(26)27/h4-17,20,29H,3,18-19,21H2,1-2H3,(H,33,34,35). The average Bonchev–Trinajstić information content (AvgIpc) is 3.56. The lowest BCUT2D eigenvalue weighted by Gasteiger charge is -2.27. The quantitative estimate of drug-likeness (QED) is 0.161. The molecule has 5 aromatic rings. The van der Waals surface area contributed by atoms with Crippen molar-refractivity contribution in [2.24, 2.45) is 0 Å². The normalized spacial score (nSPS) is 14.7. The first-order valence-corrected chi connectivity index (χ1v) is 14.5. The van der Waals surface area contributed by atoms with Crippen molar-refractivity contribution in [3.63, 3.8) is 0 Å². The van der Waals surface area contributed by atoms with E-state index in [1.54, 1.807) is 11.8 Å². The number of aromatic nitrogens is 4. The minimum Gasteiger partial charge on any atom is -0.462 e. The number of hydrogen-bond acceptors (Lipinski definition) is 6. The molecule has 8 heteroatoms. The Labute approximate surface area is 237 Å². The fourth-order valence-corrected chi connectivity index (χ4v) is 5.93. The van der Waals surface area contributed by atoms with E-state index in [1.165, 1.54) is 11.1 Å². The van der Waals surface area contributed by atoms with Crippen LogP contribution in [0.1, 0.15) is 43.0 Å². The van der Waals surface area contributed by atoms with Gasteiger partial charge in [0.05, 0.1) is 12.2 Å². The van der Waals surface area contributed by atoms with Gasteiger partial charge in [-0.05, 0) is 30.5 Å². The van der Waals surface area contributed by atoms with Gasteiger partial charge in [-0.25, -0.2) is 9.48 Å². The first-order chi connectivity index (χ1) is 19.6. The van der Waals surface area contributed by atoms with Crippen molar-refractivity contribution in [3.8, 4) is 0 Å². The van der Waals surface area contributed by atoms with Gasteiger partial charge in [0.1, 0.15) is 6.04 Å². The molecule has 1 atom stereocenters. The van der Waals surface area contributed by atoms with Crippen LogP contribution in [0.4, 0.5) is 5.95 Å². The smallest absolute Gasteiger partial charge is 0.338 e. The molecule has 0 radical (unpaired) electrons. The molecule has 0 saturated heterocycles. The van der Waals surface area contributed by atoms with Crippen molar-refractivity contribution < 1.29 is 9.53 Å². The van der Waals surface area contributed by atoms with E-state index in [1.807, 2.05) is 54.9 Å². The van der Waals surface area contributed by atoms with Gasteiger partial charge in [-0.2, -0.15) is 4.98 Å². The zero-order valence-electron chi connectivity index (χ0n) is 22.6. The van der Waals surface area contributed by atoms with Crippen molar-refractivity contribution in [3.05, 3.63) is 119 Å². The Kier molecular flexibility index (Phi) is 7.42. The van der Waals surface area contributed by atoms with Crippen LogP contribution >= 0.6 is 11.8 Å². The largest absolute Gasteiger partial charge is 0.462 e. The van der Waals surface area contributed by atoms with Gasteiger partial charge in [0.15, 0.2) is 0 Å². The SMILES string of the molecule is CCCOC(=O)C1=C(C)Nc2nc(SCc3ccccc3)nn2C1c1cn(Cc2ccccc2)c2ccccc12. The maximum absolute atomic E-state index is 13.5. The van der Waals surface area contributed by atoms with Crippen LogP contribution in [-0.2, 0) is 21.8 Å². The summed E-state index contributed by atoms with van der Waals surface area (Å²) in [6.45, 7) is 4.98. The van der Waals surface area contributed by atoms with E-state index in [9.17, 15) is 4.79 Å². The Hall–Kier alpha value is -4.30.